The Bertz CT molecular complexity index is 1240. The number of carbonyl (C=O) groups excluding carboxylic acids is 1. The maximum absolute atomic E-state index is 13.8. The molecule has 6 nitrogen and oxygen atoms in total. The van der Waals surface area contributed by atoms with Crippen LogP contribution in [0.2, 0.25) is 0 Å². The highest BCUT2D eigenvalue weighted by Crippen LogP contribution is 2.38. The summed E-state index contributed by atoms with van der Waals surface area (Å²) in [4.78, 5) is 29.0. The molecule has 2 aromatic heterocycles. The molecule has 0 fully saturated rings. The van der Waals surface area contributed by atoms with E-state index >= 15 is 0 Å². The van der Waals surface area contributed by atoms with E-state index in [1.165, 1.54) is 43.9 Å². The molecule has 2 heterocycles. The first-order chi connectivity index (χ1) is 14.5. The van der Waals surface area contributed by atoms with Crippen LogP contribution in [-0.4, -0.2) is 22.4 Å². The molecular formula is C22H20F3N3O3. The first-order valence-corrected chi connectivity index (χ1v) is 9.25. The summed E-state index contributed by atoms with van der Waals surface area (Å²) in [6.45, 7) is 2.71. The molecule has 0 amide bonds. The third-order valence-corrected chi connectivity index (χ3v) is 4.80. The average Bonchev–Trinajstić information content (AvgIpc) is 2.69. The van der Waals surface area contributed by atoms with Crippen molar-refractivity contribution >= 4 is 22.3 Å². The number of halogens is 3. The minimum Gasteiger partial charge on any atom is -0.496 e. The van der Waals surface area contributed by atoms with Gasteiger partial charge in [0.05, 0.1) is 30.4 Å². The third kappa shape index (κ3) is 4.30. The van der Waals surface area contributed by atoms with Crippen molar-refractivity contribution in [2.75, 3.05) is 7.11 Å². The Balaban J connectivity index is 2.44. The standard InChI is InChI=1S/C22H20F3N3O3/c1-12(26)21(13(2)29)16-8-15-17(22(23,24)25)9-20(30)28(18(15)10-19(16)31-3)11-14-6-4-5-7-27-14/h4-10H,11,26H2,1-3H3. The van der Waals surface area contributed by atoms with Crippen molar-refractivity contribution in [1.82, 2.24) is 9.55 Å². The number of nitrogens with two attached hydrogens (primary N) is 1. The largest absolute Gasteiger partial charge is 0.496 e. The van der Waals surface area contributed by atoms with E-state index in [4.69, 9.17) is 10.5 Å². The molecular weight excluding hydrogens is 411 g/mol. The number of methoxy groups -OCH3 is 1. The lowest BCUT2D eigenvalue weighted by molar-refractivity contribution is -0.136. The molecule has 0 bridgehead atoms. The molecule has 162 valence electrons. The number of hydrogen-bond acceptors (Lipinski definition) is 5. The number of pyridine rings is 2. The Morgan fingerprint density at radius 1 is 1.19 bits per heavy atom. The zero-order valence-corrected chi connectivity index (χ0v) is 17.1. The molecule has 2 N–H and O–H groups in total. The number of aromatic nitrogens is 2. The van der Waals surface area contributed by atoms with Crippen molar-refractivity contribution in [3.8, 4) is 5.75 Å². The summed E-state index contributed by atoms with van der Waals surface area (Å²) in [5, 5.41) is -0.251. The number of fused-ring (bicyclic) bond motifs is 1. The van der Waals surface area contributed by atoms with Crippen LogP contribution in [0.5, 0.6) is 5.75 Å². The van der Waals surface area contributed by atoms with Crippen molar-refractivity contribution in [3.63, 3.8) is 0 Å². The minimum absolute atomic E-state index is 0.00338. The molecule has 0 radical (unpaired) electrons. The van der Waals surface area contributed by atoms with Gasteiger partial charge < -0.3 is 15.0 Å². The summed E-state index contributed by atoms with van der Waals surface area (Å²) in [5.74, 6) is -0.302. The van der Waals surface area contributed by atoms with E-state index in [0.717, 1.165) is 0 Å². The number of benzene rings is 1. The molecule has 3 aromatic rings. The SMILES string of the molecule is COc1cc2c(cc1C(C(C)=O)=C(C)N)c(C(F)(F)F)cc(=O)n2Cc1ccccn1. The first kappa shape index (κ1) is 22.1. The van der Waals surface area contributed by atoms with Crippen LogP contribution in [0.4, 0.5) is 13.2 Å². The van der Waals surface area contributed by atoms with Gasteiger partial charge >= 0.3 is 6.18 Å². The lowest BCUT2D eigenvalue weighted by atomic mass is 9.95. The van der Waals surface area contributed by atoms with Gasteiger partial charge in [-0.1, -0.05) is 6.07 Å². The Kier molecular flexibility index (Phi) is 5.88. The maximum Gasteiger partial charge on any atom is 0.417 e. The van der Waals surface area contributed by atoms with Gasteiger partial charge in [-0.15, -0.1) is 0 Å². The average molecular weight is 431 g/mol. The zero-order valence-electron chi connectivity index (χ0n) is 17.1. The lowest BCUT2D eigenvalue weighted by Crippen LogP contribution is -2.24. The second-order valence-corrected chi connectivity index (χ2v) is 6.99. The van der Waals surface area contributed by atoms with Crippen molar-refractivity contribution in [2.24, 2.45) is 5.73 Å². The van der Waals surface area contributed by atoms with Gasteiger partial charge in [0.2, 0.25) is 0 Å². The second-order valence-electron chi connectivity index (χ2n) is 6.99. The summed E-state index contributed by atoms with van der Waals surface area (Å²) in [6.07, 6.45) is -3.26. The van der Waals surface area contributed by atoms with E-state index in [-0.39, 0.29) is 40.0 Å². The highest BCUT2D eigenvalue weighted by Gasteiger charge is 2.34. The fourth-order valence-corrected chi connectivity index (χ4v) is 3.50. The van der Waals surface area contributed by atoms with E-state index in [1.807, 2.05) is 0 Å². The van der Waals surface area contributed by atoms with Crippen LogP contribution in [0.25, 0.3) is 16.5 Å². The molecule has 0 aliphatic rings. The van der Waals surface area contributed by atoms with Crippen molar-refractivity contribution < 1.29 is 22.7 Å². The predicted molar refractivity (Wildman–Crippen MR) is 111 cm³/mol. The van der Waals surface area contributed by atoms with Crippen LogP contribution in [-0.2, 0) is 17.5 Å². The number of ether oxygens (including phenoxy) is 1. The monoisotopic (exact) mass is 431 g/mol. The number of carbonyl (C=O) groups is 1. The third-order valence-electron chi connectivity index (χ3n) is 4.80. The first-order valence-electron chi connectivity index (χ1n) is 9.25. The molecule has 0 saturated carbocycles. The molecule has 0 spiro atoms. The van der Waals surface area contributed by atoms with Crippen LogP contribution >= 0.6 is 0 Å². The number of ketones is 1. The number of alkyl halides is 3. The van der Waals surface area contributed by atoms with Crippen molar-refractivity contribution in [1.29, 1.82) is 0 Å². The molecule has 31 heavy (non-hydrogen) atoms. The topological polar surface area (TPSA) is 87.2 Å². The van der Waals surface area contributed by atoms with E-state index < -0.39 is 23.1 Å². The fourth-order valence-electron chi connectivity index (χ4n) is 3.50. The van der Waals surface area contributed by atoms with Gasteiger partial charge in [-0.05, 0) is 32.0 Å². The molecule has 9 heteroatoms. The Hall–Kier alpha value is -3.62. The number of hydrogen-bond donors (Lipinski definition) is 1. The summed E-state index contributed by atoms with van der Waals surface area (Å²) in [6, 6.07) is 8.13. The van der Waals surface area contributed by atoms with Gasteiger partial charge in [0, 0.05) is 40.5 Å². The van der Waals surface area contributed by atoms with Crippen molar-refractivity contribution in [3.05, 3.63) is 75.5 Å². The summed E-state index contributed by atoms with van der Waals surface area (Å²) < 4.78 is 47.9. The fraction of sp³-hybridized carbons (Fsp3) is 0.227. The molecule has 0 atom stereocenters. The summed E-state index contributed by atoms with van der Waals surface area (Å²) in [5.41, 5.74) is 4.70. The van der Waals surface area contributed by atoms with Crippen LogP contribution in [0, 0.1) is 0 Å². The van der Waals surface area contributed by atoms with Gasteiger partial charge in [0.25, 0.3) is 5.56 Å². The molecule has 1 aromatic carbocycles. The van der Waals surface area contributed by atoms with Crippen LogP contribution in [0.1, 0.15) is 30.7 Å². The number of rotatable bonds is 5. The zero-order chi connectivity index (χ0) is 22.9. The normalized spacial score (nSPS) is 12.6. The van der Waals surface area contributed by atoms with E-state index in [1.54, 1.807) is 18.2 Å². The smallest absolute Gasteiger partial charge is 0.417 e. The van der Waals surface area contributed by atoms with Crippen LogP contribution in [0.15, 0.2) is 53.1 Å². The van der Waals surface area contributed by atoms with Crippen LogP contribution in [0.3, 0.4) is 0 Å². The van der Waals surface area contributed by atoms with E-state index in [0.29, 0.717) is 11.8 Å². The summed E-state index contributed by atoms with van der Waals surface area (Å²) in [7, 11) is 1.32. The van der Waals surface area contributed by atoms with Gasteiger partial charge in [-0.3, -0.25) is 14.6 Å². The van der Waals surface area contributed by atoms with Gasteiger partial charge in [0.15, 0.2) is 5.78 Å². The van der Waals surface area contributed by atoms with Gasteiger partial charge in [-0.25, -0.2) is 0 Å². The quantitative estimate of drug-likeness (QED) is 0.622. The number of Topliss-reactive ketones (excluding diaryl/α,β-unsaturated/α-hetero) is 1. The Morgan fingerprint density at radius 2 is 1.90 bits per heavy atom. The highest BCUT2D eigenvalue weighted by atomic mass is 19.4. The molecule has 0 saturated heterocycles. The molecule has 0 aliphatic heterocycles. The molecule has 0 aliphatic carbocycles. The van der Waals surface area contributed by atoms with E-state index in [9.17, 15) is 22.8 Å². The van der Waals surface area contributed by atoms with Crippen molar-refractivity contribution in [2.45, 2.75) is 26.6 Å². The maximum atomic E-state index is 13.8. The second kappa shape index (κ2) is 8.25. The lowest BCUT2D eigenvalue weighted by Gasteiger charge is -2.19. The molecule has 0 unspecified atom stereocenters. The number of nitrogens with zero attached hydrogens (tertiary/aromatic N) is 2. The van der Waals surface area contributed by atoms with Gasteiger partial charge in [0.1, 0.15) is 5.75 Å². The Morgan fingerprint density at radius 3 is 2.42 bits per heavy atom. The number of allylic oxidation sites excluding steroid dienone is 2. The highest BCUT2D eigenvalue weighted by molar-refractivity contribution is 6.21. The summed E-state index contributed by atoms with van der Waals surface area (Å²) >= 11 is 0. The Labute approximate surface area is 175 Å². The predicted octanol–water partition coefficient (Wildman–Crippen LogP) is 3.75. The molecule has 3 rings (SSSR count). The van der Waals surface area contributed by atoms with Gasteiger partial charge in [-0.2, -0.15) is 13.2 Å². The van der Waals surface area contributed by atoms with Crippen LogP contribution < -0.4 is 16.0 Å². The van der Waals surface area contributed by atoms with E-state index in [2.05, 4.69) is 4.98 Å². The minimum atomic E-state index is -4.79.